The highest BCUT2D eigenvalue weighted by Crippen LogP contribution is 2.17. The van der Waals surface area contributed by atoms with Crippen molar-refractivity contribution in [2.75, 3.05) is 27.2 Å². The first-order valence-corrected chi connectivity index (χ1v) is 10.9. The van der Waals surface area contributed by atoms with Crippen LogP contribution in [0, 0.1) is 0 Å². The molecule has 2 atom stereocenters. The van der Waals surface area contributed by atoms with Crippen LogP contribution >= 0.6 is 11.6 Å². The number of nitrogens with zero attached hydrogens (tertiary/aromatic N) is 1. The van der Waals surface area contributed by atoms with Crippen molar-refractivity contribution < 1.29 is 22.0 Å². The molecule has 25 heavy (non-hydrogen) atoms. The van der Waals surface area contributed by atoms with Crippen LogP contribution in [0.5, 0.6) is 0 Å². The third-order valence-corrected chi connectivity index (χ3v) is 5.36. The summed E-state index contributed by atoms with van der Waals surface area (Å²) < 4.78 is 0.860. The minimum Gasteiger partial charge on any atom is -1.00 e. The number of rotatable bonds is 17. The first-order chi connectivity index (χ1) is 11.4. The molecule has 0 aromatic carbocycles. The predicted molar refractivity (Wildman–Crippen MR) is 109 cm³/mol. The third-order valence-electron chi connectivity index (χ3n) is 4.93. The molecule has 0 aliphatic rings. The lowest BCUT2D eigenvalue weighted by Gasteiger charge is -2.31. The molecule has 0 spiro atoms. The smallest absolute Gasteiger partial charge is 0.104 e. The van der Waals surface area contributed by atoms with E-state index in [1.54, 1.807) is 0 Å². The summed E-state index contributed by atoms with van der Waals surface area (Å²) >= 11 is 6.47. The topological polar surface area (TPSA) is 20.2 Å². The molecule has 0 aromatic rings. The summed E-state index contributed by atoms with van der Waals surface area (Å²) in [6, 6.07) is 0. The number of aliphatic hydroxyl groups is 1. The van der Waals surface area contributed by atoms with Crippen molar-refractivity contribution in [2.24, 2.45) is 0 Å². The van der Waals surface area contributed by atoms with E-state index >= 15 is 0 Å². The van der Waals surface area contributed by atoms with Gasteiger partial charge in [0.05, 0.1) is 20.6 Å². The van der Waals surface area contributed by atoms with Gasteiger partial charge in [-0.2, -0.15) is 0 Å². The highest BCUT2D eigenvalue weighted by Gasteiger charge is 2.19. The van der Waals surface area contributed by atoms with E-state index in [2.05, 4.69) is 21.0 Å². The van der Waals surface area contributed by atoms with Gasteiger partial charge in [0, 0.05) is 11.8 Å². The summed E-state index contributed by atoms with van der Waals surface area (Å²) in [4.78, 5) is 0. The summed E-state index contributed by atoms with van der Waals surface area (Å²) in [5.74, 6) is 0. The lowest BCUT2D eigenvalue weighted by molar-refractivity contribution is -0.893. The number of hydrogen-bond acceptors (Lipinski definition) is 1. The Kier molecular flexibility index (Phi) is 19.8. The second-order valence-electron chi connectivity index (χ2n) is 8.40. The van der Waals surface area contributed by atoms with E-state index in [0.717, 1.165) is 30.4 Å². The highest BCUT2D eigenvalue weighted by atomic mass is 35.5. The maximum atomic E-state index is 9.52. The van der Waals surface area contributed by atoms with Crippen LogP contribution in [0.25, 0.3) is 0 Å². The second kappa shape index (κ2) is 17.9. The highest BCUT2D eigenvalue weighted by molar-refractivity contribution is 6.20. The van der Waals surface area contributed by atoms with Gasteiger partial charge in [0.1, 0.15) is 12.6 Å². The molecule has 0 aliphatic heterocycles. The van der Waals surface area contributed by atoms with Crippen LogP contribution in [-0.4, -0.2) is 48.3 Å². The van der Waals surface area contributed by atoms with Crippen LogP contribution in [0.3, 0.4) is 0 Å². The Balaban J connectivity index is 0. The van der Waals surface area contributed by atoms with Crippen molar-refractivity contribution in [3.63, 3.8) is 0 Å². The summed E-state index contributed by atoms with van der Waals surface area (Å²) in [6.07, 6.45) is 17.3. The number of unbranched alkanes of at least 4 members (excludes halogenated alkanes) is 10. The van der Waals surface area contributed by atoms with E-state index in [4.69, 9.17) is 11.6 Å². The van der Waals surface area contributed by atoms with Crippen LogP contribution in [0.4, 0.5) is 0 Å². The maximum Gasteiger partial charge on any atom is 0.104 e. The minimum absolute atomic E-state index is 0. The van der Waals surface area contributed by atoms with Crippen molar-refractivity contribution in [3.05, 3.63) is 0 Å². The molecule has 0 radical (unpaired) electrons. The average molecular weight is 399 g/mol. The van der Waals surface area contributed by atoms with E-state index in [0.29, 0.717) is 5.38 Å². The first kappa shape index (κ1) is 27.7. The molecule has 2 nitrogen and oxygen atoms in total. The monoisotopic (exact) mass is 397 g/mol. The van der Waals surface area contributed by atoms with Crippen LogP contribution in [0.15, 0.2) is 0 Å². The summed E-state index contributed by atoms with van der Waals surface area (Å²) in [5, 5.41) is 9.82. The molecule has 0 heterocycles. The second-order valence-corrected chi connectivity index (χ2v) is 9.02. The quantitative estimate of drug-likeness (QED) is 0.227. The molecule has 0 aromatic heterocycles. The Morgan fingerprint density at radius 2 is 1.24 bits per heavy atom. The molecular weight excluding hydrogens is 353 g/mol. The van der Waals surface area contributed by atoms with E-state index < -0.39 is 0 Å². The first-order valence-electron chi connectivity index (χ1n) is 10.5. The van der Waals surface area contributed by atoms with E-state index in [9.17, 15) is 5.11 Å². The van der Waals surface area contributed by atoms with Gasteiger partial charge in [0.2, 0.25) is 0 Å². The fraction of sp³-hybridized carbons (Fsp3) is 1.00. The standard InChI is InChI=1S/C21H45ClNO.ClH/c1-5-6-7-8-9-10-11-12-13-14-15-16-21(22)17-18-23(3,4)19-20(2)24;/h20-21,24H,5-19H2,1-4H3;1H/q+1;/p-1. The number of hydrogen-bond donors (Lipinski definition) is 1. The zero-order chi connectivity index (χ0) is 18.3. The van der Waals surface area contributed by atoms with Gasteiger partial charge in [-0.1, -0.05) is 77.6 Å². The summed E-state index contributed by atoms with van der Waals surface area (Å²) in [5.41, 5.74) is 0. The van der Waals surface area contributed by atoms with Crippen LogP contribution in [0.1, 0.15) is 97.3 Å². The largest absolute Gasteiger partial charge is 1.00 e. The fourth-order valence-electron chi connectivity index (χ4n) is 3.47. The fourth-order valence-corrected chi connectivity index (χ4v) is 3.72. The Bertz CT molecular complexity index is 273. The molecule has 0 saturated heterocycles. The predicted octanol–water partition coefficient (Wildman–Crippen LogP) is 3.15. The van der Waals surface area contributed by atoms with Gasteiger partial charge in [0.15, 0.2) is 0 Å². The van der Waals surface area contributed by atoms with Crippen molar-refractivity contribution in [3.8, 4) is 0 Å². The lowest BCUT2D eigenvalue weighted by Crippen LogP contribution is -3.00. The van der Waals surface area contributed by atoms with Crippen molar-refractivity contribution in [2.45, 2.75) is 109 Å². The number of halogens is 2. The Labute approximate surface area is 169 Å². The molecule has 0 fully saturated rings. The van der Waals surface area contributed by atoms with Crippen LogP contribution < -0.4 is 12.4 Å². The molecule has 0 saturated carbocycles. The van der Waals surface area contributed by atoms with Gasteiger partial charge in [-0.25, -0.2) is 0 Å². The van der Waals surface area contributed by atoms with Gasteiger partial charge in [-0.15, -0.1) is 11.6 Å². The van der Waals surface area contributed by atoms with Crippen molar-refractivity contribution in [1.29, 1.82) is 0 Å². The number of aliphatic hydroxyl groups excluding tert-OH is 1. The molecule has 0 rings (SSSR count). The Morgan fingerprint density at radius 3 is 1.68 bits per heavy atom. The molecular formula is C21H45Cl2NO. The number of alkyl halides is 1. The molecule has 2 unspecified atom stereocenters. The van der Waals surface area contributed by atoms with E-state index in [-0.39, 0.29) is 18.5 Å². The molecule has 0 aliphatic carbocycles. The Morgan fingerprint density at radius 1 is 0.800 bits per heavy atom. The number of likely N-dealkylation sites (N-methyl/N-ethyl adjacent to an activating group) is 1. The Hall–Kier alpha value is 0.500. The molecule has 154 valence electrons. The van der Waals surface area contributed by atoms with Crippen molar-refractivity contribution in [1.82, 2.24) is 0 Å². The lowest BCUT2D eigenvalue weighted by atomic mass is 10.0. The molecule has 4 heteroatoms. The number of quaternary nitrogens is 1. The van der Waals surface area contributed by atoms with Gasteiger partial charge in [-0.3, -0.25) is 0 Å². The average Bonchev–Trinajstić information content (AvgIpc) is 2.49. The molecule has 1 N–H and O–H groups in total. The zero-order valence-electron chi connectivity index (χ0n) is 17.4. The molecule has 0 amide bonds. The maximum absolute atomic E-state index is 9.52. The van der Waals surface area contributed by atoms with Crippen LogP contribution in [-0.2, 0) is 0 Å². The van der Waals surface area contributed by atoms with E-state index in [1.165, 1.54) is 70.6 Å². The minimum atomic E-state index is -0.236. The third kappa shape index (κ3) is 20.7. The van der Waals surface area contributed by atoms with Crippen molar-refractivity contribution >= 4 is 11.6 Å². The van der Waals surface area contributed by atoms with Gasteiger partial charge < -0.3 is 22.0 Å². The van der Waals surface area contributed by atoms with Gasteiger partial charge in [-0.05, 0) is 13.3 Å². The summed E-state index contributed by atoms with van der Waals surface area (Å²) in [6.45, 7) is 6.00. The zero-order valence-corrected chi connectivity index (χ0v) is 18.9. The molecule has 0 bridgehead atoms. The SMILES string of the molecule is CCCCCCCCCCCCCC(Cl)CC[N+](C)(C)CC(C)O.[Cl-]. The normalized spacial score (nSPS) is 14.2. The summed E-state index contributed by atoms with van der Waals surface area (Å²) in [7, 11) is 4.36. The van der Waals surface area contributed by atoms with Crippen LogP contribution in [0.2, 0.25) is 0 Å². The van der Waals surface area contributed by atoms with Gasteiger partial charge >= 0.3 is 0 Å². The van der Waals surface area contributed by atoms with Gasteiger partial charge in [0.25, 0.3) is 0 Å². The van der Waals surface area contributed by atoms with E-state index in [1.807, 2.05) is 6.92 Å².